The number of aromatic nitrogens is 2. The van der Waals surface area contributed by atoms with Crippen LogP contribution in [-0.2, 0) is 7.05 Å². The van der Waals surface area contributed by atoms with Gasteiger partial charge in [0.15, 0.2) is 0 Å². The number of hydrogen-bond donors (Lipinski definition) is 2. The van der Waals surface area contributed by atoms with E-state index in [0.29, 0.717) is 29.2 Å². The van der Waals surface area contributed by atoms with Crippen LogP contribution < -0.4 is 15.4 Å². The van der Waals surface area contributed by atoms with Crippen LogP contribution in [0.4, 0.5) is 5.69 Å². The lowest BCUT2D eigenvalue weighted by Gasteiger charge is -2.10. The predicted octanol–water partition coefficient (Wildman–Crippen LogP) is 1.82. The molecule has 2 N–H and O–H groups in total. The summed E-state index contributed by atoms with van der Waals surface area (Å²) in [6.45, 7) is 2.53. The Hall–Kier alpha value is -2.83. The number of hydrogen-bond acceptors (Lipinski definition) is 4. The van der Waals surface area contributed by atoms with E-state index in [4.69, 9.17) is 4.74 Å². The van der Waals surface area contributed by atoms with E-state index in [1.54, 1.807) is 31.3 Å². The summed E-state index contributed by atoms with van der Waals surface area (Å²) in [5, 5.41) is 9.54. The van der Waals surface area contributed by atoms with Crippen LogP contribution in [0.25, 0.3) is 0 Å². The van der Waals surface area contributed by atoms with Gasteiger partial charge in [0.05, 0.1) is 24.6 Å². The number of nitrogens with one attached hydrogen (secondary N) is 2. The number of rotatable bonds is 6. The van der Waals surface area contributed by atoms with Gasteiger partial charge in [-0.05, 0) is 18.6 Å². The van der Waals surface area contributed by atoms with E-state index in [9.17, 15) is 9.59 Å². The molecule has 2 rings (SSSR count). The molecule has 122 valence electrons. The van der Waals surface area contributed by atoms with Crippen molar-refractivity contribution in [1.29, 1.82) is 0 Å². The molecule has 0 aliphatic carbocycles. The van der Waals surface area contributed by atoms with Gasteiger partial charge in [0, 0.05) is 13.6 Å². The molecule has 0 aliphatic heterocycles. The SMILES string of the molecule is CCCNC(=O)c1c(NC(=O)c2ccccc2OC)cnn1C. The van der Waals surface area contributed by atoms with Crippen LogP contribution in [0.1, 0.15) is 34.2 Å². The van der Waals surface area contributed by atoms with Crippen molar-refractivity contribution in [2.24, 2.45) is 7.05 Å². The van der Waals surface area contributed by atoms with Gasteiger partial charge in [-0.2, -0.15) is 5.10 Å². The van der Waals surface area contributed by atoms with Gasteiger partial charge in [0.1, 0.15) is 11.4 Å². The second kappa shape index (κ2) is 7.44. The fraction of sp³-hybridized carbons (Fsp3) is 0.312. The Morgan fingerprint density at radius 2 is 2.00 bits per heavy atom. The van der Waals surface area contributed by atoms with Crippen molar-refractivity contribution in [3.63, 3.8) is 0 Å². The van der Waals surface area contributed by atoms with E-state index < -0.39 is 0 Å². The van der Waals surface area contributed by atoms with Gasteiger partial charge < -0.3 is 15.4 Å². The highest BCUT2D eigenvalue weighted by atomic mass is 16.5. The molecule has 2 amide bonds. The van der Waals surface area contributed by atoms with Crippen molar-refractivity contribution in [2.75, 3.05) is 19.0 Å². The van der Waals surface area contributed by atoms with E-state index >= 15 is 0 Å². The van der Waals surface area contributed by atoms with Crippen LogP contribution in [0.15, 0.2) is 30.5 Å². The maximum atomic E-state index is 12.4. The summed E-state index contributed by atoms with van der Waals surface area (Å²) in [6, 6.07) is 6.88. The monoisotopic (exact) mass is 316 g/mol. The average molecular weight is 316 g/mol. The first kappa shape index (κ1) is 16.5. The van der Waals surface area contributed by atoms with Crippen LogP contribution >= 0.6 is 0 Å². The van der Waals surface area contributed by atoms with E-state index in [2.05, 4.69) is 15.7 Å². The maximum absolute atomic E-state index is 12.4. The fourth-order valence-electron chi connectivity index (χ4n) is 2.14. The van der Waals surface area contributed by atoms with E-state index in [-0.39, 0.29) is 11.8 Å². The van der Waals surface area contributed by atoms with E-state index in [1.165, 1.54) is 18.0 Å². The minimum absolute atomic E-state index is 0.276. The summed E-state index contributed by atoms with van der Waals surface area (Å²) in [5.41, 5.74) is 1.05. The molecule has 1 aromatic carbocycles. The molecule has 0 saturated carbocycles. The highest BCUT2D eigenvalue weighted by Crippen LogP contribution is 2.20. The van der Waals surface area contributed by atoms with Gasteiger partial charge in [-0.1, -0.05) is 19.1 Å². The quantitative estimate of drug-likeness (QED) is 0.851. The molecule has 23 heavy (non-hydrogen) atoms. The van der Waals surface area contributed by atoms with Gasteiger partial charge in [-0.3, -0.25) is 14.3 Å². The number of benzene rings is 1. The normalized spacial score (nSPS) is 10.2. The molecule has 7 nitrogen and oxygen atoms in total. The number of para-hydroxylation sites is 1. The lowest BCUT2D eigenvalue weighted by Crippen LogP contribution is -2.27. The van der Waals surface area contributed by atoms with Crippen LogP contribution in [-0.4, -0.2) is 35.2 Å². The molecule has 0 spiro atoms. The molecule has 0 aliphatic rings. The molecular formula is C16H20N4O3. The van der Waals surface area contributed by atoms with Crippen molar-refractivity contribution in [3.05, 3.63) is 41.7 Å². The van der Waals surface area contributed by atoms with Crippen molar-refractivity contribution in [2.45, 2.75) is 13.3 Å². The van der Waals surface area contributed by atoms with Crippen LogP contribution in [0.5, 0.6) is 5.75 Å². The number of methoxy groups -OCH3 is 1. The number of carbonyl (C=O) groups excluding carboxylic acids is 2. The van der Waals surface area contributed by atoms with Gasteiger partial charge in [-0.25, -0.2) is 0 Å². The third kappa shape index (κ3) is 3.68. The van der Waals surface area contributed by atoms with Crippen LogP contribution in [0.3, 0.4) is 0 Å². The van der Waals surface area contributed by atoms with E-state index in [0.717, 1.165) is 6.42 Å². The Balaban J connectivity index is 2.23. The zero-order valence-electron chi connectivity index (χ0n) is 13.4. The maximum Gasteiger partial charge on any atom is 0.271 e. The lowest BCUT2D eigenvalue weighted by molar-refractivity contribution is 0.0945. The van der Waals surface area contributed by atoms with Gasteiger partial charge in [-0.15, -0.1) is 0 Å². The standard InChI is InChI=1S/C16H20N4O3/c1-4-9-17-16(22)14-12(10-18-20(14)2)19-15(21)11-7-5-6-8-13(11)23-3/h5-8,10H,4,9H2,1-3H3,(H,17,22)(H,19,21). The van der Waals surface area contributed by atoms with Crippen LogP contribution in [0.2, 0.25) is 0 Å². The molecule has 0 unspecified atom stereocenters. The predicted molar refractivity (Wildman–Crippen MR) is 86.8 cm³/mol. The number of aryl methyl sites for hydroxylation is 1. The molecule has 2 aromatic rings. The molecule has 0 bridgehead atoms. The average Bonchev–Trinajstić information content (AvgIpc) is 2.93. The third-order valence-electron chi connectivity index (χ3n) is 3.29. The fourth-order valence-corrected chi connectivity index (χ4v) is 2.14. The largest absolute Gasteiger partial charge is 0.496 e. The Morgan fingerprint density at radius 1 is 1.26 bits per heavy atom. The molecule has 0 saturated heterocycles. The lowest BCUT2D eigenvalue weighted by atomic mass is 10.2. The number of nitrogens with zero attached hydrogens (tertiary/aromatic N) is 2. The Bertz CT molecular complexity index is 709. The summed E-state index contributed by atoms with van der Waals surface area (Å²) in [5.74, 6) is -0.173. The highest BCUT2D eigenvalue weighted by Gasteiger charge is 2.20. The smallest absolute Gasteiger partial charge is 0.271 e. The molecular weight excluding hydrogens is 296 g/mol. The summed E-state index contributed by atoms with van der Waals surface area (Å²) in [4.78, 5) is 24.6. The number of anilines is 1. The molecule has 0 fully saturated rings. The number of amides is 2. The molecule has 0 radical (unpaired) electrons. The van der Waals surface area contributed by atoms with Crippen molar-refractivity contribution in [1.82, 2.24) is 15.1 Å². The number of carbonyl (C=O) groups is 2. The molecule has 1 aromatic heterocycles. The third-order valence-corrected chi connectivity index (χ3v) is 3.29. The molecule has 1 heterocycles. The van der Waals surface area contributed by atoms with Gasteiger partial charge in [0.25, 0.3) is 11.8 Å². The second-order valence-corrected chi connectivity index (χ2v) is 4.94. The first-order valence-electron chi connectivity index (χ1n) is 7.33. The van der Waals surface area contributed by atoms with E-state index in [1.807, 2.05) is 6.92 Å². The Kier molecular flexibility index (Phi) is 5.35. The van der Waals surface area contributed by atoms with Gasteiger partial charge >= 0.3 is 0 Å². The Labute approximate surface area is 134 Å². The summed E-state index contributed by atoms with van der Waals surface area (Å²) in [7, 11) is 3.15. The van der Waals surface area contributed by atoms with Crippen molar-refractivity contribution < 1.29 is 14.3 Å². The second-order valence-electron chi connectivity index (χ2n) is 4.94. The minimum Gasteiger partial charge on any atom is -0.496 e. The first-order valence-corrected chi connectivity index (χ1v) is 7.33. The molecule has 0 atom stereocenters. The summed E-state index contributed by atoms with van der Waals surface area (Å²) >= 11 is 0. The topological polar surface area (TPSA) is 85.2 Å². The zero-order chi connectivity index (χ0) is 16.8. The molecule has 7 heteroatoms. The zero-order valence-corrected chi connectivity index (χ0v) is 13.4. The van der Waals surface area contributed by atoms with Gasteiger partial charge in [0.2, 0.25) is 0 Å². The number of ether oxygens (including phenoxy) is 1. The Morgan fingerprint density at radius 3 is 2.70 bits per heavy atom. The van der Waals surface area contributed by atoms with Crippen molar-refractivity contribution >= 4 is 17.5 Å². The minimum atomic E-state index is -0.361. The summed E-state index contributed by atoms with van der Waals surface area (Å²) in [6.07, 6.45) is 2.28. The van der Waals surface area contributed by atoms with Crippen LogP contribution in [0, 0.1) is 0 Å². The first-order chi connectivity index (χ1) is 11.1. The summed E-state index contributed by atoms with van der Waals surface area (Å²) < 4.78 is 6.61. The highest BCUT2D eigenvalue weighted by molar-refractivity contribution is 6.09. The van der Waals surface area contributed by atoms with Crippen molar-refractivity contribution in [3.8, 4) is 5.75 Å².